The molecule has 0 fully saturated rings. The smallest absolute Gasteiger partial charge is 0.264 e. The van der Waals surface area contributed by atoms with Gasteiger partial charge in [-0.3, -0.25) is 19.7 Å². The fraction of sp³-hybridized carbons (Fsp3) is 0.148. The fourth-order valence-electron chi connectivity index (χ4n) is 4.64. The molecular formula is C27H23N7O. The molecule has 0 amide bonds. The normalized spacial score (nSPS) is 13.6. The number of fused-ring (bicyclic) bond motifs is 2. The zero-order valence-corrected chi connectivity index (χ0v) is 19.1. The van der Waals surface area contributed by atoms with Crippen molar-refractivity contribution >= 4 is 22.4 Å². The molecule has 8 heteroatoms. The van der Waals surface area contributed by atoms with Gasteiger partial charge in [-0.2, -0.15) is 5.10 Å². The summed E-state index contributed by atoms with van der Waals surface area (Å²) in [5.74, 6) is 0. The second kappa shape index (κ2) is 8.64. The van der Waals surface area contributed by atoms with E-state index in [1.54, 1.807) is 30.9 Å². The maximum absolute atomic E-state index is 11.6. The maximum Gasteiger partial charge on any atom is 0.264 e. The predicted molar refractivity (Wildman–Crippen MR) is 137 cm³/mol. The molecule has 1 aliphatic heterocycles. The average molecular weight is 462 g/mol. The first-order chi connectivity index (χ1) is 17.2. The molecule has 0 spiro atoms. The highest BCUT2D eigenvalue weighted by Crippen LogP contribution is 2.36. The van der Waals surface area contributed by atoms with Crippen molar-refractivity contribution in [2.75, 3.05) is 23.8 Å². The van der Waals surface area contributed by atoms with Gasteiger partial charge in [-0.1, -0.05) is 18.2 Å². The van der Waals surface area contributed by atoms with Crippen molar-refractivity contribution in [3.8, 4) is 11.1 Å². The van der Waals surface area contributed by atoms with Crippen LogP contribution in [0.3, 0.4) is 0 Å². The minimum atomic E-state index is -0.325. The minimum absolute atomic E-state index is 0.247. The molecule has 5 aromatic rings. The Kier molecular flexibility index (Phi) is 5.18. The van der Waals surface area contributed by atoms with Crippen LogP contribution in [-0.4, -0.2) is 38.7 Å². The Morgan fingerprint density at radius 2 is 1.94 bits per heavy atom. The van der Waals surface area contributed by atoms with Crippen molar-refractivity contribution in [2.24, 2.45) is 0 Å². The van der Waals surface area contributed by atoms with Gasteiger partial charge in [0, 0.05) is 61.4 Å². The molecule has 1 atom stereocenters. The summed E-state index contributed by atoms with van der Waals surface area (Å²) in [5, 5.41) is 10.4. The van der Waals surface area contributed by atoms with E-state index in [1.807, 2.05) is 18.2 Å². The van der Waals surface area contributed by atoms with Crippen LogP contribution in [0.5, 0.6) is 0 Å². The first-order valence-electron chi connectivity index (χ1n) is 11.5. The van der Waals surface area contributed by atoms with Crippen molar-refractivity contribution in [1.82, 2.24) is 25.1 Å². The van der Waals surface area contributed by atoms with Crippen molar-refractivity contribution < 1.29 is 0 Å². The van der Waals surface area contributed by atoms with E-state index in [9.17, 15) is 4.79 Å². The average Bonchev–Trinajstić information content (AvgIpc) is 3.28. The highest BCUT2D eigenvalue weighted by Gasteiger charge is 2.20. The molecule has 2 aromatic carbocycles. The van der Waals surface area contributed by atoms with Crippen LogP contribution in [-0.2, 0) is 6.42 Å². The Morgan fingerprint density at radius 1 is 1.03 bits per heavy atom. The number of hydrogen-bond acceptors (Lipinski definition) is 7. The van der Waals surface area contributed by atoms with Gasteiger partial charge >= 0.3 is 0 Å². The third-order valence-corrected chi connectivity index (χ3v) is 6.42. The molecule has 0 saturated carbocycles. The van der Waals surface area contributed by atoms with Crippen LogP contribution in [0.2, 0.25) is 0 Å². The zero-order chi connectivity index (χ0) is 23.8. The van der Waals surface area contributed by atoms with E-state index in [1.165, 1.54) is 17.3 Å². The highest BCUT2D eigenvalue weighted by molar-refractivity contribution is 5.95. The molecule has 3 aromatic heterocycles. The zero-order valence-electron chi connectivity index (χ0n) is 19.1. The van der Waals surface area contributed by atoms with Crippen LogP contribution in [0, 0.1) is 0 Å². The second-order valence-corrected chi connectivity index (χ2v) is 8.67. The van der Waals surface area contributed by atoms with Crippen LogP contribution in [0.1, 0.15) is 22.9 Å². The quantitative estimate of drug-likeness (QED) is 0.409. The number of aromatic nitrogens is 5. The molecule has 1 aliphatic rings. The molecule has 4 heterocycles. The number of aromatic amines is 1. The maximum atomic E-state index is 11.6. The number of rotatable bonds is 5. The molecule has 172 valence electrons. The van der Waals surface area contributed by atoms with Gasteiger partial charge in [-0.05, 0) is 53.4 Å². The third-order valence-electron chi connectivity index (χ3n) is 6.42. The summed E-state index contributed by atoms with van der Waals surface area (Å²) >= 11 is 0. The molecule has 0 bridgehead atoms. The van der Waals surface area contributed by atoms with Crippen molar-refractivity contribution in [1.29, 1.82) is 0 Å². The summed E-state index contributed by atoms with van der Waals surface area (Å²) < 4.78 is 0. The molecule has 0 aliphatic carbocycles. The van der Waals surface area contributed by atoms with Gasteiger partial charge in [0.1, 0.15) is 0 Å². The lowest BCUT2D eigenvalue weighted by molar-refractivity contribution is 0.819. The number of hydrogen-bond donors (Lipinski definition) is 2. The Balaban J connectivity index is 1.47. The van der Waals surface area contributed by atoms with Crippen LogP contribution in [0.4, 0.5) is 11.4 Å². The largest absolute Gasteiger partial charge is 0.374 e. The standard InChI is InChI=1S/C27H23N7O/c1-34-12-8-17-4-5-18(13-24(17)34)21-14-20(15-23-27(21)30-11-10-29-23)31-26(19-3-2-9-28-16-19)22-6-7-25(35)33-32-22/h2-7,9-11,13-16,26,31H,8,12H2,1H3,(H,33,35). The lowest BCUT2D eigenvalue weighted by Gasteiger charge is -2.21. The monoisotopic (exact) mass is 461 g/mol. The van der Waals surface area contributed by atoms with E-state index < -0.39 is 0 Å². The van der Waals surface area contributed by atoms with Gasteiger partial charge < -0.3 is 10.2 Å². The topological polar surface area (TPSA) is 99.7 Å². The van der Waals surface area contributed by atoms with Gasteiger partial charge in [0.25, 0.3) is 5.56 Å². The van der Waals surface area contributed by atoms with Crippen LogP contribution in [0.15, 0.2) is 84.2 Å². The molecule has 1 unspecified atom stereocenters. The van der Waals surface area contributed by atoms with Gasteiger partial charge in [0.05, 0.1) is 22.8 Å². The number of benzene rings is 2. The van der Waals surface area contributed by atoms with E-state index in [0.29, 0.717) is 5.69 Å². The Labute approximate surface area is 201 Å². The first kappa shape index (κ1) is 21.0. The van der Waals surface area contributed by atoms with Crippen molar-refractivity contribution in [3.05, 3.63) is 107 Å². The lowest BCUT2D eigenvalue weighted by atomic mass is 9.99. The van der Waals surface area contributed by atoms with Gasteiger partial charge in [-0.25, -0.2) is 5.10 Å². The van der Waals surface area contributed by atoms with E-state index in [0.717, 1.165) is 46.4 Å². The summed E-state index contributed by atoms with van der Waals surface area (Å²) in [6.45, 7) is 1.03. The number of H-pyrrole nitrogens is 1. The van der Waals surface area contributed by atoms with Crippen molar-refractivity contribution in [2.45, 2.75) is 12.5 Å². The van der Waals surface area contributed by atoms with Gasteiger partial charge in [0.15, 0.2) is 0 Å². The summed E-state index contributed by atoms with van der Waals surface area (Å²) in [6.07, 6.45) is 8.01. The minimum Gasteiger partial charge on any atom is -0.374 e. The summed E-state index contributed by atoms with van der Waals surface area (Å²) in [6, 6.07) is 17.4. The van der Waals surface area contributed by atoms with E-state index in [4.69, 9.17) is 0 Å². The summed E-state index contributed by atoms with van der Waals surface area (Å²) in [5.41, 5.74) is 8.56. The van der Waals surface area contributed by atoms with E-state index >= 15 is 0 Å². The number of anilines is 2. The Hall–Kier alpha value is -4.59. The summed E-state index contributed by atoms with van der Waals surface area (Å²) in [7, 11) is 2.13. The van der Waals surface area contributed by atoms with Crippen LogP contribution < -0.4 is 15.8 Å². The third kappa shape index (κ3) is 3.99. The molecule has 0 radical (unpaired) electrons. The number of nitrogens with one attached hydrogen (secondary N) is 2. The Bertz CT molecular complexity index is 1560. The van der Waals surface area contributed by atoms with E-state index in [-0.39, 0.29) is 11.6 Å². The SMILES string of the molecule is CN1CCc2ccc(-c3cc(NC(c4cccnc4)c4ccc(=O)[nH]n4)cc4nccnc34)cc21. The first-order valence-corrected chi connectivity index (χ1v) is 11.5. The van der Waals surface area contributed by atoms with Gasteiger partial charge in [0.2, 0.25) is 0 Å². The molecule has 8 nitrogen and oxygen atoms in total. The number of nitrogens with zero attached hydrogens (tertiary/aromatic N) is 5. The highest BCUT2D eigenvalue weighted by atomic mass is 16.1. The number of likely N-dealkylation sites (N-methyl/N-ethyl adjacent to an activating group) is 1. The van der Waals surface area contributed by atoms with Crippen molar-refractivity contribution in [3.63, 3.8) is 0 Å². The fourth-order valence-corrected chi connectivity index (χ4v) is 4.64. The molecule has 35 heavy (non-hydrogen) atoms. The van der Waals surface area contributed by atoms with Gasteiger partial charge in [-0.15, -0.1) is 0 Å². The molecular weight excluding hydrogens is 438 g/mol. The lowest BCUT2D eigenvalue weighted by Crippen LogP contribution is -2.17. The van der Waals surface area contributed by atoms with E-state index in [2.05, 4.69) is 66.7 Å². The molecule has 0 saturated heterocycles. The molecule has 2 N–H and O–H groups in total. The summed E-state index contributed by atoms with van der Waals surface area (Å²) in [4.78, 5) is 27.4. The number of pyridine rings is 1. The Morgan fingerprint density at radius 3 is 2.77 bits per heavy atom. The van der Waals surface area contributed by atoms with Crippen LogP contribution in [0.25, 0.3) is 22.2 Å². The predicted octanol–water partition coefficient (Wildman–Crippen LogP) is 3.97. The molecule has 6 rings (SSSR count). The second-order valence-electron chi connectivity index (χ2n) is 8.67. The van der Waals surface area contributed by atoms with Crippen LogP contribution >= 0.6 is 0 Å².